The van der Waals surface area contributed by atoms with Gasteiger partial charge in [-0.25, -0.2) is 0 Å². The lowest BCUT2D eigenvalue weighted by Gasteiger charge is -2.22. The molecule has 0 saturated heterocycles. The van der Waals surface area contributed by atoms with Gasteiger partial charge in [-0.3, -0.25) is 9.79 Å². The van der Waals surface area contributed by atoms with Crippen LogP contribution in [0.25, 0.3) is 0 Å². The molecule has 0 fully saturated rings. The summed E-state index contributed by atoms with van der Waals surface area (Å²) in [5, 5.41) is 6.54. The van der Waals surface area contributed by atoms with Crippen molar-refractivity contribution in [2.24, 2.45) is 4.99 Å². The predicted octanol–water partition coefficient (Wildman–Crippen LogP) is 3.45. The van der Waals surface area contributed by atoms with Gasteiger partial charge >= 0.3 is 0 Å². The van der Waals surface area contributed by atoms with Crippen LogP contribution in [0, 0.1) is 0 Å². The van der Waals surface area contributed by atoms with Crippen molar-refractivity contribution in [3.05, 3.63) is 58.6 Å². The van der Waals surface area contributed by atoms with Crippen LogP contribution < -0.4 is 20.1 Å². The minimum atomic E-state index is -0.195. The van der Waals surface area contributed by atoms with Crippen LogP contribution in [0.3, 0.4) is 0 Å². The van der Waals surface area contributed by atoms with E-state index < -0.39 is 0 Å². The van der Waals surface area contributed by atoms with Gasteiger partial charge in [0.25, 0.3) is 5.91 Å². The van der Waals surface area contributed by atoms with Crippen molar-refractivity contribution < 1.29 is 14.3 Å². The third kappa shape index (κ3) is 8.10. The lowest BCUT2D eigenvalue weighted by atomic mass is 10.1. The Morgan fingerprint density at radius 1 is 1.06 bits per heavy atom. The van der Waals surface area contributed by atoms with Crippen molar-refractivity contribution in [2.75, 3.05) is 47.9 Å². The van der Waals surface area contributed by atoms with Gasteiger partial charge in [-0.15, -0.1) is 24.0 Å². The monoisotopic (exact) mass is 560 g/mol. The van der Waals surface area contributed by atoms with Crippen molar-refractivity contribution in [1.82, 2.24) is 15.5 Å². The third-order valence-electron chi connectivity index (χ3n) is 4.57. The van der Waals surface area contributed by atoms with E-state index in [0.717, 1.165) is 30.2 Å². The number of guanidine groups is 1. The fourth-order valence-electron chi connectivity index (χ4n) is 2.91. The normalized spacial score (nSPS) is 10.7. The van der Waals surface area contributed by atoms with Gasteiger partial charge in [-0.1, -0.05) is 29.8 Å². The van der Waals surface area contributed by atoms with E-state index in [1.807, 2.05) is 30.1 Å². The fourth-order valence-corrected chi connectivity index (χ4v) is 3.14. The molecule has 0 aliphatic carbocycles. The average Bonchev–Trinajstić information content (AvgIpc) is 2.77. The molecule has 31 heavy (non-hydrogen) atoms. The molecule has 2 aromatic rings. The van der Waals surface area contributed by atoms with Crippen molar-refractivity contribution in [2.45, 2.75) is 6.42 Å². The Balaban J connectivity index is 0.00000480. The lowest BCUT2D eigenvalue weighted by molar-refractivity contribution is 0.0954. The second kappa shape index (κ2) is 14.0. The molecule has 2 N–H and O–H groups in total. The number of ether oxygens (including phenoxy) is 2. The number of likely N-dealkylation sites (N-methyl/N-ethyl adjacent to an activating group) is 1. The number of methoxy groups -OCH3 is 2. The van der Waals surface area contributed by atoms with Crippen molar-refractivity contribution in [3.8, 4) is 11.5 Å². The highest BCUT2D eigenvalue weighted by molar-refractivity contribution is 14.0. The highest BCUT2D eigenvalue weighted by atomic mass is 127. The summed E-state index contributed by atoms with van der Waals surface area (Å²) in [6.07, 6.45) is 0.820. The molecule has 170 valence electrons. The summed E-state index contributed by atoms with van der Waals surface area (Å²) in [5.74, 6) is 1.99. The van der Waals surface area contributed by atoms with Crippen LogP contribution in [0.2, 0.25) is 5.02 Å². The van der Waals surface area contributed by atoms with Crippen LogP contribution in [0.5, 0.6) is 11.5 Å². The number of carbonyl (C=O) groups excluding carboxylic acids is 1. The van der Waals surface area contributed by atoms with Gasteiger partial charge in [0, 0.05) is 33.7 Å². The van der Waals surface area contributed by atoms with E-state index in [0.29, 0.717) is 29.4 Å². The first-order valence-electron chi connectivity index (χ1n) is 9.65. The van der Waals surface area contributed by atoms with Crippen molar-refractivity contribution in [1.29, 1.82) is 0 Å². The molecule has 0 saturated carbocycles. The molecule has 0 heterocycles. The van der Waals surface area contributed by atoms with Gasteiger partial charge in [-0.05, 0) is 36.2 Å². The van der Waals surface area contributed by atoms with E-state index >= 15 is 0 Å². The molecule has 7 nitrogen and oxygen atoms in total. The van der Waals surface area contributed by atoms with E-state index in [4.69, 9.17) is 21.1 Å². The molecular formula is C22H30ClIN4O3. The number of aliphatic imine (C=N–C) groups is 1. The van der Waals surface area contributed by atoms with E-state index in [1.165, 1.54) is 0 Å². The van der Waals surface area contributed by atoms with Crippen molar-refractivity contribution >= 4 is 47.4 Å². The SMILES string of the molecule is CN=C(NCCNC(=O)c1ccccc1Cl)N(C)CCc1ccc(OC)c(OC)c1.I. The Hall–Kier alpha value is -2.20. The molecule has 2 aromatic carbocycles. The second-order valence-electron chi connectivity index (χ2n) is 6.57. The Labute approximate surface area is 206 Å². The van der Waals surface area contributed by atoms with E-state index in [2.05, 4.69) is 15.6 Å². The summed E-state index contributed by atoms with van der Waals surface area (Å²) in [6.45, 7) is 1.76. The lowest BCUT2D eigenvalue weighted by Crippen LogP contribution is -2.43. The van der Waals surface area contributed by atoms with Crippen LogP contribution in [-0.2, 0) is 6.42 Å². The van der Waals surface area contributed by atoms with Crippen LogP contribution in [0.1, 0.15) is 15.9 Å². The summed E-state index contributed by atoms with van der Waals surface area (Å²) in [6, 6.07) is 12.9. The molecule has 0 aromatic heterocycles. The largest absolute Gasteiger partial charge is 0.493 e. The highest BCUT2D eigenvalue weighted by Gasteiger charge is 2.10. The Bertz CT molecular complexity index is 880. The summed E-state index contributed by atoms with van der Waals surface area (Å²) in [5.41, 5.74) is 1.61. The summed E-state index contributed by atoms with van der Waals surface area (Å²) in [4.78, 5) is 18.5. The quantitative estimate of drug-likeness (QED) is 0.213. The zero-order chi connectivity index (χ0) is 21.9. The molecule has 0 aliphatic heterocycles. The first-order chi connectivity index (χ1) is 14.5. The Kier molecular flexibility index (Phi) is 12.1. The first-order valence-corrected chi connectivity index (χ1v) is 10.0. The molecule has 0 atom stereocenters. The van der Waals surface area contributed by atoms with E-state index in [9.17, 15) is 4.79 Å². The van der Waals surface area contributed by atoms with Gasteiger partial charge in [0.1, 0.15) is 0 Å². The Morgan fingerprint density at radius 3 is 2.39 bits per heavy atom. The molecule has 0 unspecified atom stereocenters. The summed E-state index contributed by atoms with van der Waals surface area (Å²) in [7, 11) is 6.96. The molecule has 0 radical (unpaired) electrons. The van der Waals surface area contributed by atoms with Crippen LogP contribution in [0.15, 0.2) is 47.5 Å². The third-order valence-corrected chi connectivity index (χ3v) is 4.90. The van der Waals surface area contributed by atoms with Gasteiger partial charge < -0.3 is 25.0 Å². The smallest absolute Gasteiger partial charge is 0.252 e. The topological polar surface area (TPSA) is 75.2 Å². The minimum absolute atomic E-state index is 0. The van der Waals surface area contributed by atoms with Crippen LogP contribution in [0.4, 0.5) is 0 Å². The first kappa shape index (κ1) is 26.8. The number of amides is 1. The molecular weight excluding hydrogens is 531 g/mol. The Morgan fingerprint density at radius 2 is 1.74 bits per heavy atom. The standard InChI is InChI=1S/C22H29ClN4O3.HI/c1-24-22(26-13-12-25-21(28)17-7-5-6-8-18(17)23)27(2)14-11-16-9-10-19(29-3)20(15-16)30-4;/h5-10,15H,11-14H2,1-4H3,(H,24,26)(H,25,28);1H. The molecule has 0 spiro atoms. The molecule has 0 aliphatic rings. The van der Waals surface area contributed by atoms with Crippen LogP contribution >= 0.6 is 35.6 Å². The second-order valence-corrected chi connectivity index (χ2v) is 6.98. The highest BCUT2D eigenvalue weighted by Crippen LogP contribution is 2.27. The number of halogens is 2. The van der Waals surface area contributed by atoms with Gasteiger partial charge in [-0.2, -0.15) is 0 Å². The number of nitrogens with one attached hydrogen (secondary N) is 2. The van der Waals surface area contributed by atoms with Gasteiger partial charge in [0.2, 0.25) is 0 Å². The van der Waals surface area contributed by atoms with E-state index in [1.54, 1.807) is 45.5 Å². The molecule has 0 bridgehead atoms. The number of hydrogen-bond donors (Lipinski definition) is 2. The number of hydrogen-bond acceptors (Lipinski definition) is 4. The van der Waals surface area contributed by atoms with Gasteiger partial charge in [0.05, 0.1) is 24.8 Å². The maximum atomic E-state index is 12.2. The molecule has 2 rings (SSSR count). The van der Waals surface area contributed by atoms with Crippen molar-refractivity contribution in [3.63, 3.8) is 0 Å². The zero-order valence-electron chi connectivity index (χ0n) is 18.3. The molecule has 1 amide bonds. The average molecular weight is 561 g/mol. The maximum Gasteiger partial charge on any atom is 0.252 e. The number of nitrogens with zero attached hydrogens (tertiary/aromatic N) is 2. The minimum Gasteiger partial charge on any atom is -0.493 e. The number of carbonyl (C=O) groups is 1. The number of benzene rings is 2. The van der Waals surface area contributed by atoms with Gasteiger partial charge in [0.15, 0.2) is 17.5 Å². The number of rotatable bonds is 9. The maximum absolute atomic E-state index is 12.2. The molecule has 9 heteroatoms. The predicted molar refractivity (Wildman–Crippen MR) is 136 cm³/mol. The fraction of sp³-hybridized carbons (Fsp3) is 0.364. The van der Waals surface area contributed by atoms with Crippen LogP contribution in [-0.4, -0.2) is 64.7 Å². The summed E-state index contributed by atoms with van der Waals surface area (Å²) < 4.78 is 10.6. The summed E-state index contributed by atoms with van der Waals surface area (Å²) >= 11 is 6.05. The van der Waals surface area contributed by atoms with E-state index in [-0.39, 0.29) is 29.9 Å². The zero-order valence-corrected chi connectivity index (χ0v) is 21.4.